The molecule has 0 saturated heterocycles. The average Bonchev–Trinajstić information content (AvgIpc) is 2.64. The number of carboxylic acid groups (broad SMARTS) is 1. The minimum atomic E-state index is -1.08. The zero-order valence-electron chi connectivity index (χ0n) is 10.3. The van der Waals surface area contributed by atoms with Gasteiger partial charge < -0.3 is 10.4 Å². The van der Waals surface area contributed by atoms with Crippen LogP contribution in [0.15, 0.2) is 22.8 Å². The number of hydrogen-bond acceptors (Lipinski definition) is 3. The van der Waals surface area contributed by atoms with Crippen LogP contribution in [0.5, 0.6) is 0 Å². The normalized spacial score (nSPS) is 12.4. The predicted octanol–water partition coefficient (Wildman–Crippen LogP) is 1.61. The highest BCUT2D eigenvalue weighted by Gasteiger charge is 2.20. The second-order valence-electron chi connectivity index (χ2n) is 4.15. The van der Waals surface area contributed by atoms with Gasteiger partial charge in [-0.25, -0.2) is 4.98 Å². The Morgan fingerprint density at radius 1 is 1.47 bits per heavy atom. The van der Waals surface area contributed by atoms with Crippen molar-refractivity contribution in [3.8, 4) is 0 Å². The molecule has 2 heterocycles. The van der Waals surface area contributed by atoms with Gasteiger partial charge in [0, 0.05) is 10.7 Å². The summed E-state index contributed by atoms with van der Waals surface area (Å²) in [6.07, 6.45) is 1.72. The summed E-state index contributed by atoms with van der Waals surface area (Å²) in [4.78, 5) is 27.1. The van der Waals surface area contributed by atoms with E-state index in [1.165, 1.54) is 6.92 Å². The van der Waals surface area contributed by atoms with E-state index in [0.717, 1.165) is 4.47 Å². The minimum absolute atomic E-state index is 0.337. The molecule has 2 N–H and O–H groups in total. The van der Waals surface area contributed by atoms with Crippen LogP contribution in [-0.2, 0) is 4.79 Å². The maximum Gasteiger partial charge on any atom is 0.325 e. The maximum atomic E-state index is 12.1. The van der Waals surface area contributed by atoms with Crippen LogP contribution >= 0.6 is 15.9 Å². The first-order valence-electron chi connectivity index (χ1n) is 5.58. The number of aryl methyl sites for hydroxylation is 1. The van der Waals surface area contributed by atoms with Gasteiger partial charge in [-0.3, -0.25) is 14.0 Å². The lowest BCUT2D eigenvalue weighted by atomic mass is 10.3. The zero-order chi connectivity index (χ0) is 14.2. The zero-order valence-corrected chi connectivity index (χ0v) is 11.9. The fourth-order valence-corrected chi connectivity index (χ4v) is 2.07. The second-order valence-corrected chi connectivity index (χ2v) is 5.07. The molecule has 2 aromatic rings. The predicted molar refractivity (Wildman–Crippen MR) is 72.2 cm³/mol. The van der Waals surface area contributed by atoms with Crippen molar-refractivity contribution in [3.05, 3.63) is 34.2 Å². The van der Waals surface area contributed by atoms with Crippen molar-refractivity contribution in [3.63, 3.8) is 0 Å². The summed E-state index contributed by atoms with van der Waals surface area (Å²) in [7, 11) is 0. The second kappa shape index (κ2) is 5.00. The standard InChI is InChI=1S/C12H12BrN3O3/c1-6-10(11(17)15-7(2)12(18)19)16-5-8(13)3-4-9(16)14-6/h3-5,7H,1-2H3,(H,15,17)(H,18,19). The van der Waals surface area contributed by atoms with Gasteiger partial charge in [-0.05, 0) is 41.9 Å². The third-order valence-electron chi connectivity index (χ3n) is 2.69. The largest absolute Gasteiger partial charge is 0.480 e. The van der Waals surface area contributed by atoms with Crippen LogP contribution in [0, 0.1) is 6.92 Å². The molecule has 0 aliphatic carbocycles. The Morgan fingerprint density at radius 3 is 2.79 bits per heavy atom. The van der Waals surface area contributed by atoms with Crippen LogP contribution in [0.25, 0.3) is 5.65 Å². The number of carbonyl (C=O) groups excluding carboxylic acids is 1. The monoisotopic (exact) mass is 325 g/mol. The summed E-state index contributed by atoms with van der Waals surface area (Å²) in [6.45, 7) is 3.12. The molecule has 1 unspecified atom stereocenters. The van der Waals surface area contributed by atoms with E-state index in [0.29, 0.717) is 17.0 Å². The Kier molecular flexibility index (Phi) is 3.57. The summed E-state index contributed by atoms with van der Waals surface area (Å²) in [5, 5.41) is 11.2. The van der Waals surface area contributed by atoms with Gasteiger partial charge in [0.05, 0.1) is 5.69 Å². The lowest BCUT2D eigenvalue weighted by Crippen LogP contribution is -2.39. The number of pyridine rings is 1. The van der Waals surface area contributed by atoms with E-state index in [1.54, 1.807) is 23.6 Å². The first-order chi connectivity index (χ1) is 8.90. The van der Waals surface area contributed by atoms with Crippen LogP contribution in [0.4, 0.5) is 0 Å². The highest BCUT2D eigenvalue weighted by Crippen LogP contribution is 2.16. The Balaban J connectivity index is 2.44. The minimum Gasteiger partial charge on any atom is -0.480 e. The summed E-state index contributed by atoms with van der Waals surface area (Å²) < 4.78 is 2.43. The number of nitrogens with one attached hydrogen (secondary N) is 1. The summed E-state index contributed by atoms with van der Waals surface area (Å²) >= 11 is 3.32. The van der Waals surface area contributed by atoms with E-state index in [1.807, 2.05) is 6.07 Å². The Hall–Kier alpha value is -1.89. The molecule has 0 aromatic carbocycles. The average molecular weight is 326 g/mol. The molecule has 0 fully saturated rings. The van der Waals surface area contributed by atoms with Crippen molar-refractivity contribution in [1.82, 2.24) is 14.7 Å². The molecule has 1 amide bonds. The quantitative estimate of drug-likeness (QED) is 0.897. The number of imidazole rings is 1. The SMILES string of the molecule is Cc1nc2ccc(Br)cn2c1C(=O)NC(C)C(=O)O. The van der Waals surface area contributed by atoms with Crippen LogP contribution in [0.1, 0.15) is 23.1 Å². The smallest absolute Gasteiger partial charge is 0.325 e. The van der Waals surface area contributed by atoms with Gasteiger partial charge in [0.1, 0.15) is 17.4 Å². The molecule has 0 bridgehead atoms. The molecule has 0 radical (unpaired) electrons. The number of aromatic nitrogens is 2. The van der Waals surface area contributed by atoms with Gasteiger partial charge in [0.15, 0.2) is 0 Å². The Bertz CT molecular complexity index is 666. The molecular weight excluding hydrogens is 314 g/mol. The van der Waals surface area contributed by atoms with Crippen LogP contribution < -0.4 is 5.32 Å². The van der Waals surface area contributed by atoms with Gasteiger partial charge >= 0.3 is 5.97 Å². The fraction of sp³-hybridized carbons (Fsp3) is 0.250. The molecule has 6 nitrogen and oxygen atoms in total. The third kappa shape index (κ3) is 2.60. The molecule has 0 saturated carbocycles. The Labute approximate surface area is 117 Å². The number of nitrogens with zero attached hydrogens (tertiary/aromatic N) is 2. The highest BCUT2D eigenvalue weighted by atomic mass is 79.9. The number of rotatable bonds is 3. The van der Waals surface area contributed by atoms with Crippen molar-refractivity contribution in [2.75, 3.05) is 0 Å². The van der Waals surface area contributed by atoms with Crippen molar-refractivity contribution < 1.29 is 14.7 Å². The fourth-order valence-electron chi connectivity index (χ4n) is 1.74. The lowest BCUT2D eigenvalue weighted by molar-refractivity contribution is -0.138. The van der Waals surface area contributed by atoms with Crippen LogP contribution in [0.3, 0.4) is 0 Å². The van der Waals surface area contributed by atoms with Gasteiger partial charge in [-0.2, -0.15) is 0 Å². The van der Waals surface area contributed by atoms with E-state index in [-0.39, 0.29) is 0 Å². The molecule has 0 aliphatic heterocycles. The highest BCUT2D eigenvalue weighted by molar-refractivity contribution is 9.10. The van der Waals surface area contributed by atoms with Gasteiger partial charge in [0.25, 0.3) is 5.91 Å². The van der Waals surface area contributed by atoms with Crippen molar-refractivity contribution in [1.29, 1.82) is 0 Å². The molecule has 19 heavy (non-hydrogen) atoms. The van der Waals surface area contributed by atoms with E-state index in [9.17, 15) is 9.59 Å². The molecule has 100 valence electrons. The van der Waals surface area contributed by atoms with E-state index >= 15 is 0 Å². The number of carboxylic acids is 1. The van der Waals surface area contributed by atoms with Crippen molar-refractivity contribution in [2.45, 2.75) is 19.9 Å². The number of halogens is 1. The summed E-state index contributed by atoms with van der Waals surface area (Å²) in [5.74, 6) is -1.54. The molecule has 2 rings (SSSR count). The molecule has 0 aliphatic rings. The molecule has 1 atom stereocenters. The number of amides is 1. The molecule has 2 aromatic heterocycles. The van der Waals surface area contributed by atoms with Crippen molar-refractivity contribution in [2.24, 2.45) is 0 Å². The van der Waals surface area contributed by atoms with Crippen LogP contribution in [0.2, 0.25) is 0 Å². The number of fused-ring (bicyclic) bond motifs is 1. The van der Waals surface area contributed by atoms with Crippen LogP contribution in [-0.4, -0.2) is 32.4 Å². The number of hydrogen-bond donors (Lipinski definition) is 2. The van der Waals surface area contributed by atoms with Gasteiger partial charge in [-0.15, -0.1) is 0 Å². The Morgan fingerprint density at radius 2 is 2.16 bits per heavy atom. The number of aliphatic carboxylic acids is 1. The van der Waals surface area contributed by atoms with E-state index in [4.69, 9.17) is 5.11 Å². The lowest BCUT2D eigenvalue weighted by Gasteiger charge is -2.09. The third-order valence-corrected chi connectivity index (χ3v) is 3.16. The van der Waals surface area contributed by atoms with Crippen molar-refractivity contribution >= 4 is 33.5 Å². The van der Waals surface area contributed by atoms with Gasteiger partial charge in [-0.1, -0.05) is 0 Å². The molecular formula is C12H12BrN3O3. The topological polar surface area (TPSA) is 83.7 Å². The summed E-state index contributed by atoms with van der Waals surface area (Å²) in [5.41, 5.74) is 1.52. The van der Waals surface area contributed by atoms with Gasteiger partial charge in [0.2, 0.25) is 0 Å². The van der Waals surface area contributed by atoms with E-state index in [2.05, 4.69) is 26.2 Å². The first kappa shape index (κ1) is 13.5. The molecule has 7 heteroatoms. The summed E-state index contributed by atoms with van der Waals surface area (Å²) in [6, 6.07) is 2.64. The number of carbonyl (C=O) groups is 2. The maximum absolute atomic E-state index is 12.1. The molecule has 0 spiro atoms. The van der Waals surface area contributed by atoms with E-state index < -0.39 is 17.9 Å². The first-order valence-corrected chi connectivity index (χ1v) is 6.37.